The molecule has 19 heavy (non-hydrogen) atoms. The molecule has 2 rings (SSSR count). The molecule has 0 unspecified atom stereocenters. The van der Waals surface area contributed by atoms with Gasteiger partial charge in [0.15, 0.2) is 0 Å². The molecule has 98 valence electrons. The minimum Gasteiger partial charge on any atom is -0.508 e. The first kappa shape index (κ1) is 13.1. The van der Waals surface area contributed by atoms with Crippen molar-refractivity contribution >= 4 is 5.91 Å². The van der Waals surface area contributed by atoms with Gasteiger partial charge in [0, 0.05) is 12.1 Å². The normalized spacial score (nSPS) is 10.2. The van der Waals surface area contributed by atoms with Crippen molar-refractivity contribution in [3.63, 3.8) is 0 Å². The molecule has 3 nitrogen and oxygen atoms in total. The molecule has 0 atom stereocenters. The molecule has 0 saturated carbocycles. The van der Waals surface area contributed by atoms with Gasteiger partial charge in [-0.15, -0.1) is 0 Å². The van der Waals surface area contributed by atoms with Gasteiger partial charge in [-0.05, 0) is 42.7 Å². The molecule has 2 aromatic carbocycles. The number of hydrogen-bond acceptors (Lipinski definition) is 2. The molecule has 1 amide bonds. The predicted molar refractivity (Wildman–Crippen MR) is 75.3 cm³/mol. The Morgan fingerprint density at radius 2 is 1.89 bits per heavy atom. The fourth-order valence-electron chi connectivity index (χ4n) is 1.96. The number of nitrogens with one attached hydrogen (secondary N) is 1. The first-order chi connectivity index (χ1) is 9.16. The van der Waals surface area contributed by atoms with Crippen LogP contribution in [0.2, 0.25) is 0 Å². The Morgan fingerprint density at radius 1 is 1.16 bits per heavy atom. The van der Waals surface area contributed by atoms with Crippen LogP contribution in [0.15, 0.2) is 48.5 Å². The summed E-state index contributed by atoms with van der Waals surface area (Å²) in [7, 11) is 0. The quantitative estimate of drug-likeness (QED) is 0.882. The fourth-order valence-corrected chi connectivity index (χ4v) is 1.96. The molecule has 0 aromatic heterocycles. The van der Waals surface area contributed by atoms with Gasteiger partial charge in [0.25, 0.3) is 5.91 Å². The maximum Gasteiger partial charge on any atom is 0.251 e. The number of carbonyl (C=O) groups excluding carboxylic acids is 1. The molecule has 0 spiro atoms. The second-order valence-corrected chi connectivity index (χ2v) is 4.49. The molecule has 0 aliphatic heterocycles. The summed E-state index contributed by atoms with van der Waals surface area (Å²) in [5.74, 6) is 0.0757. The highest BCUT2D eigenvalue weighted by Gasteiger charge is 2.08. The maximum absolute atomic E-state index is 12.0. The maximum atomic E-state index is 12.0. The number of hydrogen-bond donors (Lipinski definition) is 2. The molecule has 0 aliphatic rings. The summed E-state index contributed by atoms with van der Waals surface area (Å²) in [5, 5.41) is 12.2. The van der Waals surface area contributed by atoms with Crippen LogP contribution in [0.5, 0.6) is 5.75 Å². The Morgan fingerprint density at radius 3 is 2.58 bits per heavy atom. The van der Waals surface area contributed by atoms with E-state index in [4.69, 9.17) is 0 Å². The monoisotopic (exact) mass is 255 g/mol. The van der Waals surface area contributed by atoms with Crippen LogP contribution in [0.1, 0.15) is 21.5 Å². The summed E-state index contributed by atoms with van der Waals surface area (Å²) >= 11 is 0. The second kappa shape index (κ2) is 6.05. The topological polar surface area (TPSA) is 49.3 Å². The molecular weight excluding hydrogens is 238 g/mol. The lowest BCUT2D eigenvalue weighted by Crippen LogP contribution is -2.26. The lowest BCUT2D eigenvalue weighted by molar-refractivity contribution is 0.0953. The smallest absolute Gasteiger partial charge is 0.251 e. The van der Waals surface area contributed by atoms with Gasteiger partial charge in [0.05, 0.1) is 0 Å². The zero-order chi connectivity index (χ0) is 13.7. The Kier molecular flexibility index (Phi) is 4.18. The number of benzene rings is 2. The zero-order valence-corrected chi connectivity index (χ0v) is 10.9. The highest BCUT2D eigenvalue weighted by molar-refractivity contribution is 5.95. The molecule has 0 fully saturated rings. The fraction of sp³-hybridized carbons (Fsp3) is 0.188. The van der Waals surface area contributed by atoms with Crippen molar-refractivity contribution in [1.29, 1.82) is 0 Å². The average Bonchev–Trinajstić information content (AvgIpc) is 2.39. The van der Waals surface area contributed by atoms with Crippen molar-refractivity contribution in [2.75, 3.05) is 6.54 Å². The van der Waals surface area contributed by atoms with Crippen LogP contribution in [-0.4, -0.2) is 17.6 Å². The Hall–Kier alpha value is -2.29. The van der Waals surface area contributed by atoms with E-state index in [1.807, 2.05) is 37.3 Å². The van der Waals surface area contributed by atoms with Gasteiger partial charge in [-0.2, -0.15) is 0 Å². The zero-order valence-electron chi connectivity index (χ0n) is 10.9. The molecule has 0 saturated heterocycles. The van der Waals surface area contributed by atoms with Crippen LogP contribution < -0.4 is 5.32 Å². The number of carbonyl (C=O) groups is 1. The summed E-state index contributed by atoms with van der Waals surface area (Å²) in [6, 6.07) is 14.8. The SMILES string of the molecule is Cc1cc(O)ccc1C(=O)NCCc1ccccc1. The van der Waals surface area contributed by atoms with E-state index in [1.165, 1.54) is 11.6 Å². The van der Waals surface area contributed by atoms with Gasteiger partial charge in [-0.1, -0.05) is 30.3 Å². The van der Waals surface area contributed by atoms with E-state index in [-0.39, 0.29) is 11.7 Å². The minimum absolute atomic E-state index is 0.103. The summed E-state index contributed by atoms with van der Waals surface area (Å²) in [5.41, 5.74) is 2.58. The molecule has 3 heteroatoms. The van der Waals surface area contributed by atoms with Crippen molar-refractivity contribution < 1.29 is 9.90 Å². The molecule has 0 radical (unpaired) electrons. The number of phenols is 1. The standard InChI is InChI=1S/C16H17NO2/c1-12-11-14(18)7-8-15(12)16(19)17-10-9-13-5-3-2-4-6-13/h2-8,11,18H,9-10H2,1H3,(H,17,19). The van der Waals surface area contributed by atoms with Gasteiger partial charge >= 0.3 is 0 Å². The highest BCUT2D eigenvalue weighted by atomic mass is 16.3. The largest absolute Gasteiger partial charge is 0.508 e. The van der Waals surface area contributed by atoms with E-state index >= 15 is 0 Å². The summed E-state index contributed by atoms with van der Waals surface area (Å²) in [4.78, 5) is 12.0. The van der Waals surface area contributed by atoms with E-state index in [0.717, 1.165) is 12.0 Å². The average molecular weight is 255 g/mol. The lowest BCUT2D eigenvalue weighted by Gasteiger charge is -2.08. The number of phenolic OH excluding ortho intramolecular Hbond substituents is 1. The Balaban J connectivity index is 1.91. The number of aromatic hydroxyl groups is 1. The molecule has 0 bridgehead atoms. The summed E-state index contributed by atoms with van der Waals surface area (Å²) < 4.78 is 0. The third-order valence-electron chi connectivity index (χ3n) is 3.00. The van der Waals surface area contributed by atoms with Crippen molar-refractivity contribution in [3.8, 4) is 5.75 Å². The van der Waals surface area contributed by atoms with E-state index < -0.39 is 0 Å². The van der Waals surface area contributed by atoms with Crippen LogP contribution in [0, 0.1) is 6.92 Å². The third kappa shape index (κ3) is 3.58. The van der Waals surface area contributed by atoms with Gasteiger partial charge in [0.2, 0.25) is 0 Å². The lowest BCUT2D eigenvalue weighted by atomic mass is 10.1. The Labute approximate surface area is 112 Å². The van der Waals surface area contributed by atoms with Crippen LogP contribution >= 0.6 is 0 Å². The van der Waals surface area contributed by atoms with Crippen LogP contribution in [0.25, 0.3) is 0 Å². The molecule has 2 aromatic rings. The van der Waals surface area contributed by atoms with Crippen LogP contribution in [0.4, 0.5) is 0 Å². The van der Waals surface area contributed by atoms with E-state index in [9.17, 15) is 9.90 Å². The number of amides is 1. The van der Waals surface area contributed by atoms with Gasteiger partial charge in [-0.3, -0.25) is 4.79 Å². The Bertz CT molecular complexity index is 564. The molecule has 2 N–H and O–H groups in total. The second-order valence-electron chi connectivity index (χ2n) is 4.49. The van der Waals surface area contributed by atoms with Crippen molar-refractivity contribution in [3.05, 3.63) is 65.2 Å². The number of rotatable bonds is 4. The van der Waals surface area contributed by atoms with Crippen molar-refractivity contribution in [2.24, 2.45) is 0 Å². The van der Waals surface area contributed by atoms with E-state index in [2.05, 4.69) is 5.32 Å². The van der Waals surface area contributed by atoms with Crippen molar-refractivity contribution in [1.82, 2.24) is 5.32 Å². The van der Waals surface area contributed by atoms with Gasteiger partial charge in [-0.25, -0.2) is 0 Å². The summed E-state index contributed by atoms with van der Waals surface area (Å²) in [6.07, 6.45) is 0.809. The molecule has 0 aliphatic carbocycles. The first-order valence-corrected chi connectivity index (χ1v) is 6.28. The van der Waals surface area contributed by atoms with Crippen molar-refractivity contribution in [2.45, 2.75) is 13.3 Å². The minimum atomic E-state index is -0.103. The third-order valence-corrected chi connectivity index (χ3v) is 3.00. The number of aryl methyl sites for hydroxylation is 1. The molecule has 0 heterocycles. The highest BCUT2D eigenvalue weighted by Crippen LogP contribution is 2.15. The van der Waals surface area contributed by atoms with Crippen LogP contribution in [-0.2, 0) is 6.42 Å². The predicted octanol–water partition coefficient (Wildman–Crippen LogP) is 2.67. The van der Waals surface area contributed by atoms with E-state index in [0.29, 0.717) is 12.1 Å². The summed E-state index contributed by atoms with van der Waals surface area (Å²) in [6.45, 7) is 2.41. The van der Waals surface area contributed by atoms with Crippen LogP contribution in [0.3, 0.4) is 0 Å². The van der Waals surface area contributed by atoms with Gasteiger partial charge < -0.3 is 10.4 Å². The van der Waals surface area contributed by atoms with Gasteiger partial charge in [0.1, 0.15) is 5.75 Å². The molecular formula is C16H17NO2. The first-order valence-electron chi connectivity index (χ1n) is 6.28. The van der Waals surface area contributed by atoms with E-state index in [1.54, 1.807) is 12.1 Å².